The van der Waals surface area contributed by atoms with Crippen LogP contribution in [-0.4, -0.2) is 10.9 Å². The highest BCUT2D eigenvalue weighted by Crippen LogP contribution is 2.15. The predicted octanol–water partition coefficient (Wildman–Crippen LogP) is 5.09. The van der Waals surface area contributed by atoms with Gasteiger partial charge in [-0.1, -0.05) is 48.0 Å². The van der Waals surface area contributed by atoms with E-state index in [1.807, 2.05) is 66.7 Å². The Bertz CT molecular complexity index is 874. The molecule has 0 spiro atoms. The summed E-state index contributed by atoms with van der Waals surface area (Å²) in [5.74, 6) is -0.0619. The Morgan fingerprint density at radius 3 is 2.60 bits per heavy atom. The molecule has 3 rings (SSSR count). The number of nitrogens with zero attached hydrogens (tertiary/aromatic N) is 1. The minimum atomic E-state index is -0.0619. The molecule has 0 saturated carbocycles. The molecular weight excluding hydrogens is 332 g/mol. The number of nitrogens with one attached hydrogen (secondary N) is 1. The second kappa shape index (κ2) is 8.27. The number of carbonyl (C=O) groups is 1. The lowest BCUT2D eigenvalue weighted by Gasteiger charge is -2.06. The lowest BCUT2D eigenvalue weighted by Crippen LogP contribution is -2.14. The minimum Gasteiger partial charge on any atom is -0.326 e. The summed E-state index contributed by atoms with van der Waals surface area (Å²) in [5.41, 5.74) is 3.57. The molecule has 3 nitrogen and oxygen atoms in total. The molecule has 1 heterocycles. The standard InChI is InChI=1S/C21H17ClN2O/c22-18-10-7-17(8-11-18)15-21(25)24-20-6-3-4-16(14-20)9-12-19-5-1-2-13-23-19/h1-14H,15H2,(H,24,25)/b12-9+. The van der Waals surface area contributed by atoms with E-state index in [9.17, 15) is 4.79 Å². The summed E-state index contributed by atoms with van der Waals surface area (Å²) in [6, 6.07) is 20.7. The fourth-order valence-electron chi connectivity index (χ4n) is 2.37. The molecule has 1 aromatic heterocycles. The van der Waals surface area contributed by atoms with Gasteiger partial charge in [-0.2, -0.15) is 0 Å². The second-order valence-electron chi connectivity index (χ2n) is 5.56. The number of carbonyl (C=O) groups excluding carboxylic acids is 1. The highest BCUT2D eigenvalue weighted by molar-refractivity contribution is 6.30. The van der Waals surface area contributed by atoms with Gasteiger partial charge in [-0.3, -0.25) is 9.78 Å². The van der Waals surface area contributed by atoms with Crippen molar-refractivity contribution in [2.45, 2.75) is 6.42 Å². The predicted molar refractivity (Wildman–Crippen MR) is 103 cm³/mol. The van der Waals surface area contributed by atoms with Crippen molar-refractivity contribution < 1.29 is 4.79 Å². The average molecular weight is 349 g/mol. The number of benzene rings is 2. The third-order valence-electron chi connectivity index (χ3n) is 3.58. The molecule has 0 saturated heterocycles. The third-order valence-corrected chi connectivity index (χ3v) is 3.83. The van der Waals surface area contributed by atoms with Crippen LogP contribution in [0, 0.1) is 0 Å². The van der Waals surface area contributed by atoms with Crippen LogP contribution in [0.4, 0.5) is 5.69 Å². The first-order valence-corrected chi connectivity index (χ1v) is 8.30. The summed E-state index contributed by atoms with van der Waals surface area (Å²) < 4.78 is 0. The molecule has 0 atom stereocenters. The van der Waals surface area contributed by atoms with Crippen molar-refractivity contribution in [1.29, 1.82) is 0 Å². The summed E-state index contributed by atoms with van der Waals surface area (Å²) in [4.78, 5) is 16.4. The van der Waals surface area contributed by atoms with E-state index in [0.29, 0.717) is 11.4 Å². The number of pyridine rings is 1. The molecule has 0 aliphatic rings. The Kier molecular flexibility index (Phi) is 5.60. The maximum absolute atomic E-state index is 12.2. The van der Waals surface area contributed by atoms with Crippen molar-refractivity contribution >= 4 is 35.3 Å². The zero-order valence-corrected chi connectivity index (χ0v) is 14.3. The van der Waals surface area contributed by atoms with Crippen LogP contribution in [-0.2, 0) is 11.2 Å². The van der Waals surface area contributed by atoms with Crippen molar-refractivity contribution in [1.82, 2.24) is 4.98 Å². The van der Waals surface area contributed by atoms with Gasteiger partial charge in [0.05, 0.1) is 12.1 Å². The fraction of sp³-hybridized carbons (Fsp3) is 0.0476. The molecular formula is C21H17ClN2O. The smallest absolute Gasteiger partial charge is 0.228 e. The van der Waals surface area contributed by atoms with E-state index < -0.39 is 0 Å². The van der Waals surface area contributed by atoms with Crippen LogP contribution >= 0.6 is 11.6 Å². The topological polar surface area (TPSA) is 42.0 Å². The van der Waals surface area contributed by atoms with Gasteiger partial charge < -0.3 is 5.32 Å². The number of hydrogen-bond donors (Lipinski definition) is 1. The highest BCUT2D eigenvalue weighted by atomic mass is 35.5. The van der Waals surface area contributed by atoms with E-state index in [4.69, 9.17) is 11.6 Å². The Balaban J connectivity index is 1.64. The first kappa shape index (κ1) is 16.9. The zero-order valence-electron chi connectivity index (χ0n) is 13.5. The van der Waals surface area contributed by atoms with E-state index in [1.165, 1.54) is 0 Å². The molecule has 0 aliphatic carbocycles. The SMILES string of the molecule is O=C(Cc1ccc(Cl)cc1)Nc1cccc(/C=C/c2ccccn2)c1. The van der Waals surface area contributed by atoms with Gasteiger partial charge in [0.1, 0.15) is 0 Å². The normalized spacial score (nSPS) is 10.8. The van der Waals surface area contributed by atoms with Gasteiger partial charge in [-0.05, 0) is 53.6 Å². The Hall–Kier alpha value is -2.91. The van der Waals surface area contributed by atoms with Crippen LogP contribution in [0.3, 0.4) is 0 Å². The van der Waals surface area contributed by atoms with Crippen LogP contribution < -0.4 is 5.32 Å². The van der Waals surface area contributed by atoms with Crippen molar-refractivity contribution in [2.24, 2.45) is 0 Å². The van der Waals surface area contributed by atoms with Gasteiger partial charge in [-0.15, -0.1) is 0 Å². The molecule has 3 aromatic rings. The summed E-state index contributed by atoms with van der Waals surface area (Å²) in [6.45, 7) is 0. The monoisotopic (exact) mass is 348 g/mol. The summed E-state index contributed by atoms with van der Waals surface area (Å²) in [6.07, 6.45) is 5.98. The maximum atomic E-state index is 12.2. The van der Waals surface area contributed by atoms with Crippen molar-refractivity contribution in [3.05, 3.63) is 94.8 Å². The van der Waals surface area contributed by atoms with Crippen LogP contribution in [0.15, 0.2) is 72.9 Å². The number of amides is 1. The number of aromatic nitrogens is 1. The summed E-state index contributed by atoms with van der Waals surface area (Å²) in [7, 11) is 0. The molecule has 4 heteroatoms. The summed E-state index contributed by atoms with van der Waals surface area (Å²) >= 11 is 5.86. The van der Waals surface area contributed by atoms with Gasteiger partial charge in [0.2, 0.25) is 5.91 Å². The van der Waals surface area contributed by atoms with Gasteiger partial charge in [-0.25, -0.2) is 0 Å². The molecule has 25 heavy (non-hydrogen) atoms. The first-order chi connectivity index (χ1) is 12.2. The lowest BCUT2D eigenvalue weighted by atomic mass is 10.1. The first-order valence-electron chi connectivity index (χ1n) is 7.92. The minimum absolute atomic E-state index is 0.0619. The number of hydrogen-bond acceptors (Lipinski definition) is 2. The van der Waals surface area contributed by atoms with Crippen LogP contribution in [0.5, 0.6) is 0 Å². The quantitative estimate of drug-likeness (QED) is 0.698. The van der Waals surface area contributed by atoms with Crippen molar-refractivity contribution in [2.75, 3.05) is 5.32 Å². The van der Waals surface area contributed by atoms with E-state index in [0.717, 1.165) is 22.5 Å². The van der Waals surface area contributed by atoms with E-state index in [2.05, 4.69) is 10.3 Å². The third kappa shape index (κ3) is 5.30. The maximum Gasteiger partial charge on any atom is 0.228 e. The fourth-order valence-corrected chi connectivity index (χ4v) is 2.50. The van der Waals surface area contributed by atoms with Gasteiger partial charge in [0.25, 0.3) is 0 Å². The lowest BCUT2D eigenvalue weighted by molar-refractivity contribution is -0.115. The van der Waals surface area contributed by atoms with Crippen LogP contribution in [0.2, 0.25) is 5.02 Å². The zero-order chi connectivity index (χ0) is 17.5. The van der Waals surface area contributed by atoms with Crippen molar-refractivity contribution in [3.63, 3.8) is 0 Å². The molecule has 124 valence electrons. The van der Waals surface area contributed by atoms with E-state index >= 15 is 0 Å². The molecule has 1 amide bonds. The van der Waals surface area contributed by atoms with E-state index in [-0.39, 0.29) is 5.91 Å². The molecule has 2 aromatic carbocycles. The van der Waals surface area contributed by atoms with Crippen molar-refractivity contribution in [3.8, 4) is 0 Å². The average Bonchev–Trinajstić information content (AvgIpc) is 2.63. The molecule has 0 fully saturated rings. The summed E-state index contributed by atoms with van der Waals surface area (Å²) in [5, 5.41) is 3.59. The molecule has 0 unspecified atom stereocenters. The van der Waals surface area contributed by atoms with Gasteiger partial charge >= 0.3 is 0 Å². The number of rotatable bonds is 5. The second-order valence-corrected chi connectivity index (χ2v) is 6.00. The van der Waals surface area contributed by atoms with Gasteiger partial charge in [0.15, 0.2) is 0 Å². The Morgan fingerprint density at radius 1 is 1.00 bits per heavy atom. The highest BCUT2D eigenvalue weighted by Gasteiger charge is 2.04. The Morgan fingerprint density at radius 2 is 1.84 bits per heavy atom. The van der Waals surface area contributed by atoms with Gasteiger partial charge in [0, 0.05) is 16.9 Å². The molecule has 0 radical (unpaired) electrons. The van der Waals surface area contributed by atoms with Crippen LogP contribution in [0.25, 0.3) is 12.2 Å². The number of anilines is 1. The van der Waals surface area contributed by atoms with E-state index in [1.54, 1.807) is 18.3 Å². The molecule has 0 aliphatic heterocycles. The van der Waals surface area contributed by atoms with Crippen LogP contribution in [0.1, 0.15) is 16.8 Å². The molecule has 1 N–H and O–H groups in total. The Labute approximate surface area is 152 Å². The molecule has 0 bridgehead atoms. The largest absolute Gasteiger partial charge is 0.326 e. The number of halogens is 1.